The molecule has 0 amide bonds. The molecule has 0 bridgehead atoms. The minimum absolute atomic E-state index is 0.166. The first kappa shape index (κ1) is 67.8. The van der Waals surface area contributed by atoms with Crippen LogP contribution in [0.4, 0.5) is 0 Å². The number of unbranched alkanes of at least 4 members (excludes halogenated alkanes) is 10. The molecule has 0 saturated carbocycles. The van der Waals surface area contributed by atoms with Gasteiger partial charge in [0.2, 0.25) is 0 Å². The Hall–Kier alpha value is -5.23. The summed E-state index contributed by atoms with van der Waals surface area (Å²) in [4.78, 5) is 38.1. The minimum Gasteiger partial charge on any atom is -0.462 e. The zero-order valence-corrected chi connectivity index (χ0v) is 46.3. The Morgan fingerprint density at radius 2 is 0.562 bits per heavy atom. The van der Waals surface area contributed by atoms with E-state index in [1.54, 1.807) is 0 Å². The fourth-order valence-electron chi connectivity index (χ4n) is 6.94. The van der Waals surface area contributed by atoms with Crippen LogP contribution < -0.4 is 0 Å². The van der Waals surface area contributed by atoms with Gasteiger partial charge in [-0.05, 0) is 128 Å². The Morgan fingerprint density at radius 3 is 0.945 bits per heavy atom. The molecule has 6 nitrogen and oxygen atoms in total. The highest BCUT2D eigenvalue weighted by molar-refractivity contribution is 5.71. The molecule has 0 fully saturated rings. The highest BCUT2D eigenvalue weighted by atomic mass is 16.6. The zero-order valence-electron chi connectivity index (χ0n) is 46.3. The van der Waals surface area contributed by atoms with E-state index >= 15 is 0 Å². The number of ether oxygens (including phenoxy) is 3. The van der Waals surface area contributed by atoms with Crippen LogP contribution in [-0.2, 0) is 28.6 Å². The maximum absolute atomic E-state index is 12.8. The number of hydrogen-bond donors (Lipinski definition) is 0. The summed E-state index contributed by atoms with van der Waals surface area (Å²) in [5.74, 6) is -1.19. The van der Waals surface area contributed by atoms with Crippen LogP contribution in [0.2, 0.25) is 0 Å². The molecule has 0 saturated heterocycles. The normalized spacial score (nSPS) is 13.4. The summed E-state index contributed by atoms with van der Waals surface area (Å²) in [5, 5.41) is 0. The lowest BCUT2D eigenvalue weighted by Crippen LogP contribution is -2.30. The Balaban J connectivity index is 4.73. The summed E-state index contributed by atoms with van der Waals surface area (Å²) in [6.07, 6.45) is 88.0. The highest BCUT2D eigenvalue weighted by Gasteiger charge is 2.19. The van der Waals surface area contributed by atoms with E-state index in [0.29, 0.717) is 19.3 Å². The van der Waals surface area contributed by atoms with Gasteiger partial charge in [-0.15, -0.1) is 0 Å². The Bertz CT molecular complexity index is 1720. The number of hydrogen-bond acceptors (Lipinski definition) is 6. The van der Waals surface area contributed by atoms with Gasteiger partial charge in [0.25, 0.3) is 0 Å². The van der Waals surface area contributed by atoms with Gasteiger partial charge in [-0.2, -0.15) is 0 Å². The van der Waals surface area contributed by atoms with Crippen LogP contribution in [0.15, 0.2) is 170 Å². The molecule has 0 heterocycles. The second-order valence-electron chi connectivity index (χ2n) is 18.1. The molecule has 0 spiro atoms. The number of rotatable bonds is 49. The van der Waals surface area contributed by atoms with Gasteiger partial charge >= 0.3 is 17.9 Å². The Kier molecular flexibility index (Phi) is 55.1. The first-order valence-electron chi connectivity index (χ1n) is 28.6. The predicted molar refractivity (Wildman–Crippen MR) is 315 cm³/mol. The van der Waals surface area contributed by atoms with E-state index in [4.69, 9.17) is 14.2 Å². The summed E-state index contributed by atoms with van der Waals surface area (Å²) in [5.41, 5.74) is 0. The molecule has 0 unspecified atom stereocenters. The standard InChI is InChI=1S/C67H102O6/c1-4-7-10-13-16-19-22-25-28-31-33-36-39-42-45-48-51-54-57-60-66(69)72-63-64(62-71-65(68)59-56-53-50-47-44-41-38-35-30-27-24-21-18-15-12-9-6-3)73-67(70)61-58-55-52-49-46-43-40-37-34-32-29-26-23-20-17-14-11-8-5-2/h8,11,16-17,19-20,25-30,33-34,36-38,41-43,45-47,50-52,54-55,64H,4-7,9-10,12-15,18,21-24,31-32,35,39-40,44,48-49,53,56-63H2,1-3H3/b11-8-,19-16-,20-17-,28-25-,29-26-,30-27-,36-33-,37-34-,41-38-,45-42-,46-43-,50-47-,54-51-,55-52-/t64-/m0/s1. The topological polar surface area (TPSA) is 78.9 Å². The first-order valence-corrected chi connectivity index (χ1v) is 28.6. The van der Waals surface area contributed by atoms with Crippen molar-refractivity contribution in [1.82, 2.24) is 0 Å². The maximum atomic E-state index is 12.8. The summed E-state index contributed by atoms with van der Waals surface area (Å²) in [6.45, 7) is 6.30. The van der Waals surface area contributed by atoms with Gasteiger partial charge in [0.15, 0.2) is 6.10 Å². The lowest BCUT2D eigenvalue weighted by molar-refractivity contribution is -0.166. The average molecular weight is 1000 g/mol. The van der Waals surface area contributed by atoms with Crippen LogP contribution in [0.5, 0.6) is 0 Å². The van der Waals surface area contributed by atoms with E-state index in [2.05, 4.69) is 167 Å². The first-order chi connectivity index (χ1) is 36.0. The fraction of sp³-hybridized carbons (Fsp3) is 0.537. The molecule has 0 aliphatic carbocycles. The second kappa shape index (κ2) is 59.3. The molecular weight excluding hydrogens is 901 g/mol. The van der Waals surface area contributed by atoms with Gasteiger partial charge in [-0.3, -0.25) is 14.4 Å². The van der Waals surface area contributed by atoms with E-state index in [-0.39, 0.29) is 38.4 Å². The van der Waals surface area contributed by atoms with Crippen molar-refractivity contribution in [1.29, 1.82) is 0 Å². The lowest BCUT2D eigenvalue weighted by atomic mass is 10.1. The van der Waals surface area contributed by atoms with Gasteiger partial charge < -0.3 is 14.2 Å². The van der Waals surface area contributed by atoms with Crippen molar-refractivity contribution in [3.63, 3.8) is 0 Å². The summed E-state index contributed by atoms with van der Waals surface area (Å²) in [6, 6.07) is 0. The quantitative estimate of drug-likeness (QED) is 0.0261. The predicted octanol–water partition coefficient (Wildman–Crippen LogP) is 19.5. The Labute approximate surface area is 447 Å². The van der Waals surface area contributed by atoms with Gasteiger partial charge in [0.1, 0.15) is 13.2 Å². The van der Waals surface area contributed by atoms with Crippen LogP contribution >= 0.6 is 0 Å². The van der Waals surface area contributed by atoms with Gasteiger partial charge in [0, 0.05) is 19.3 Å². The Morgan fingerprint density at radius 1 is 0.288 bits per heavy atom. The van der Waals surface area contributed by atoms with Crippen LogP contribution in [0.3, 0.4) is 0 Å². The molecular formula is C67H102O6. The van der Waals surface area contributed by atoms with Crippen molar-refractivity contribution in [3.05, 3.63) is 170 Å². The number of carbonyl (C=O) groups excluding carboxylic acids is 3. The third kappa shape index (κ3) is 57.5. The number of esters is 3. The SMILES string of the molecule is CC/C=C\C/C=C\C/C=C\C/C=C\C/C=C\C/C=C\CCC(=O)O[C@H](COC(=O)CC/C=C\C/C=C\C/C=C\C/C=C\C/C=C\CCCCC)COC(=O)CCC/C=C\C/C=C\C/C=C\CCCCCCCC. The molecule has 1 atom stereocenters. The highest BCUT2D eigenvalue weighted by Crippen LogP contribution is 2.10. The zero-order chi connectivity index (χ0) is 52.9. The molecule has 0 N–H and O–H groups in total. The molecule has 6 heteroatoms. The van der Waals surface area contributed by atoms with E-state index in [9.17, 15) is 14.4 Å². The third-order valence-corrected chi connectivity index (χ3v) is 11.2. The smallest absolute Gasteiger partial charge is 0.306 e. The molecule has 406 valence electrons. The lowest BCUT2D eigenvalue weighted by Gasteiger charge is -2.18. The van der Waals surface area contributed by atoms with E-state index < -0.39 is 18.0 Å². The minimum atomic E-state index is -0.879. The summed E-state index contributed by atoms with van der Waals surface area (Å²) >= 11 is 0. The summed E-state index contributed by atoms with van der Waals surface area (Å²) < 4.78 is 16.7. The molecule has 0 aromatic carbocycles. The number of allylic oxidation sites excluding steroid dienone is 28. The molecule has 73 heavy (non-hydrogen) atoms. The number of carbonyl (C=O) groups is 3. The van der Waals surface area contributed by atoms with E-state index in [1.165, 1.54) is 70.6 Å². The summed E-state index contributed by atoms with van der Waals surface area (Å²) in [7, 11) is 0. The van der Waals surface area contributed by atoms with Crippen molar-refractivity contribution in [2.75, 3.05) is 13.2 Å². The monoisotopic (exact) mass is 1000 g/mol. The van der Waals surface area contributed by atoms with Crippen molar-refractivity contribution < 1.29 is 28.6 Å². The average Bonchev–Trinajstić information content (AvgIpc) is 3.39. The van der Waals surface area contributed by atoms with Crippen molar-refractivity contribution >= 4 is 17.9 Å². The molecule has 0 aromatic rings. The van der Waals surface area contributed by atoms with Gasteiger partial charge in [0.05, 0.1) is 0 Å². The van der Waals surface area contributed by atoms with Crippen LogP contribution in [-0.4, -0.2) is 37.2 Å². The van der Waals surface area contributed by atoms with Crippen LogP contribution in [0, 0.1) is 0 Å². The molecule has 0 aliphatic heterocycles. The van der Waals surface area contributed by atoms with Crippen molar-refractivity contribution in [3.8, 4) is 0 Å². The van der Waals surface area contributed by atoms with Crippen molar-refractivity contribution in [2.24, 2.45) is 0 Å². The van der Waals surface area contributed by atoms with Crippen molar-refractivity contribution in [2.45, 2.75) is 219 Å². The second-order valence-corrected chi connectivity index (χ2v) is 18.1. The maximum Gasteiger partial charge on any atom is 0.306 e. The van der Waals surface area contributed by atoms with E-state index in [1.807, 2.05) is 24.3 Å². The third-order valence-electron chi connectivity index (χ3n) is 11.2. The van der Waals surface area contributed by atoms with Gasteiger partial charge in [-0.25, -0.2) is 0 Å². The van der Waals surface area contributed by atoms with Gasteiger partial charge in [-0.1, -0.05) is 236 Å². The van der Waals surface area contributed by atoms with Crippen LogP contribution in [0.25, 0.3) is 0 Å². The largest absolute Gasteiger partial charge is 0.462 e. The molecule has 0 rings (SSSR count). The molecule has 0 aromatic heterocycles. The fourth-order valence-corrected chi connectivity index (χ4v) is 6.94. The van der Waals surface area contributed by atoms with Crippen LogP contribution in [0.1, 0.15) is 213 Å². The molecule has 0 aliphatic rings. The molecule has 0 radical (unpaired) electrons. The van der Waals surface area contributed by atoms with E-state index in [0.717, 1.165) is 83.5 Å².